The van der Waals surface area contributed by atoms with Gasteiger partial charge in [-0.1, -0.05) is 13.8 Å². The maximum Gasteiger partial charge on any atom is 0.0614 e. The van der Waals surface area contributed by atoms with Gasteiger partial charge < -0.3 is 5.32 Å². The van der Waals surface area contributed by atoms with Gasteiger partial charge in [0.1, 0.15) is 0 Å². The largest absolute Gasteiger partial charge is 0.476 e. The Hall–Kier alpha value is -0.0400. The van der Waals surface area contributed by atoms with Crippen molar-refractivity contribution < 1.29 is 5.32 Å². The lowest BCUT2D eigenvalue weighted by Crippen LogP contribution is -2.84. The van der Waals surface area contributed by atoms with Crippen LogP contribution < -0.4 is 5.32 Å². The third kappa shape index (κ3) is 2.63. The summed E-state index contributed by atoms with van der Waals surface area (Å²) in [6.45, 7) is 6.58. The number of hydrogen-bond acceptors (Lipinski definition) is 0. The Morgan fingerprint density at radius 1 is 1.29 bits per heavy atom. The molecule has 1 unspecified atom stereocenters. The average Bonchev–Trinajstić information content (AvgIpc) is 1.65. The van der Waals surface area contributed by atoms with E-state index in [1.165, 1.54) is 0 Å². The van der Waals surface area contributed by atoms with Crippen molar-refractivity contribution in [2.75, 3.05) is 0 Å². The first-order valence-corrected chi connectivity index (χ1v) is 2.81. The van der Waals surface area contributed by atoms with Gasteiger partial charge in [-0.25, -0.2) is 0 Å². The molecule has 1 heteroatoms. The molecule has 0 heterocycles. The van der Waals surface area contributed by atoms with Crippen LogP contribution in [-0.2, 0) is 0 Å². The molecule has 1 atom stereocenters. The van der Waals surface area contributed by atoms with E-state index in [9.17, 15) is 0 Å². The second-order valence-corrected chi connectivity index (χ2v) is 2.34. The second kappa shape index (κ2) is 3.03. The monoisotopic (exact) mass is 101 g/mol. The van der Waals surface area contributed by atoms with Gasteiger partial charge >= 0.3 is 0 Å². The molecule has 2 N–H and O–H groups in total. The van der Waals surface area contributed by atoms with Crippen LogP contribution in [0.15, 0.2) is 0 Å². The van der Waals surface area contributed by atoms with E-state index in [-0.39, 0.29) is 0 Å². The van der Waals surface area contributed by atoms with Gasteiger partial charge in [-0.05, 0) is 6.92 Å². The predicted octanol–water partition coefficient (Wildman–Crippen LogP) is 0.386. The van der Waals surface area contributed by atoms with Crippen LogP contribution in [0.25, 0.3) is 0 Å². The highest BCUT2D eigenvalue weighted by atomic mass is 14.9. The number of rotatable bonds is 2. The summed E-state index contributed by atoms with van der Waals surface area (Å²) in [6, 6.07) is 0.667. The summed E-state index contributed by atoms with van der Waals surface area (Å²) in [4.78, 5) is 0. The van der Waals surface area contributed by atoms with E-state index in [0.29, 0.717) is 6.04 Å². The standard InChI is InChI=1S/C6H15N/c1-5(2)6(3)7-4/h5-6H,4,7H2,1-3H3. The molecule has 7 heavy (non-hydrogen) atoms. The third-order valence-corrected chi connectivity index (χ3v) is 1.42. The predicted molar refractivity (Wildman–Crippen MR) is 31.6 cm³/mol. The van der Waals surface area contributed by atoms with Crippen LogP contribution in [0, 0.1) is 13.0 Å². The zero-order valence-corrected chi connectivity index (χ0v) is 5.44. The Morgan fingerprint density at radius 2 is 1.71 bits per heavy atom. The fourth-order valence-electron chi connectivity index (χ4n) is 0.272. The summed E-state index contributed by atoms with van der Waals surface area (Å²) in [5, 5.41) is 1.99. The highest BCUT2D eigenvalue weighted by molar-refractivity contribution is 4.48. The van der Waals surface area contributed by atoms with Crippen molar-refractivity contribution in [1.29, 1.82) is 0 Å². The SMILES string of the molecule is [CH2-][NH2+]C(C)C(C)C. The molecule has 0 spiro atoms. The smallest absolute Gasteiger partial charge is 0.0614 e. The molecule has 0 fully saturated rings. The Morgan fingerprint density at radius 3 is 1.71 bits per heavy atom. The van der Waals surface area contributed by atoms with Crippen molar-refractivity contribution in [3.63, 3.8) is 0 Å². The van der Waals surface area contributed by atoms with Crippen LogP contribution in [0.4, 0.5) is 0 Å². The molecule has 0 rings (SSSR count). The van der Waals surface area contributed by atoms with Crippen molar-refractivity contribution in [1.82, 2.24) is 0 Å². The van der Waals surface area contributed by atoms with Gasteiger partial charge in [0, 0.05) is 5.92 Å². The lowest BCUT2D eigenvalue weighted by atomic mass is 10.1. The van der Waals surface area contributed by atoms with Gasteiger partial charge in [-0.15, -0.1) is 0 Å². The summed E-state index contributed by atoms with van der Waals surface area (Å²) < 4.78 is 0. The van der Waals surface area contributed by atoms with Crippen molar-refractivity contribution in [2.45, 2.75) is 26.8 Å². The second-order valence-electron chi connectivity index (χ2n) is 2.34. The van der Waals surface area contributed by atoms with Crippen molar-refractivity contribution >= 4 is 0 Å². The third-order valence-electron chi connectivity index (χ3n) is 1.42. The van der Waals surface area contributed by atoms with E-state index in [4.69, 9.17) is 0 Å². The zero-order valence-electron chi connectivity index (χ0n) is 5.44. The first-order valence-electron chi connectivity index (χ1n) is 2.81. The molecule has 0 aliphatic carbocycles. The Kier molecular flexibility index (Phi) is 3.01. The molecule has 0 aromatic rings. The molecule has 0 aromatic heterocycles. The number of nitrogens with two attached hydrogens (primary N) is 1. The Labute approximate surface area is 46.1 Å². The summed E-state index contributed by atoms with van der Waals surface area (Å²) in [7, 11) is 3.68. The fraction of sp³-hybridized carbons (Fsp3) is 0.833. The fourth-order valence-corrected chi connectivity index (χ4v) is 0.272. The molecule has 0 aliphatic rings. The van der Waals surface area contributed by atoms with Gasteiger partial charge in [0.05, 0.1) is 6.04 Å². The van der Waals surface area contributed by atoms with E-state index >= 15 is 0 Å². The normalized spacial score (nSPS) is 15.0. The highest BCUT2D eigenvalue weighted by Gasteiger charge is 2.01. The molecule has 0 aromatic carbocycles. The van der Waals surface area contributed by atoms with E-state index in [1.807, 2.05) is 5.32 Å². The van der Waals surface area contributed by atoms with Crippen molar-refractivity contribution in [3.05, 3.63) is 7.05 Å². The van der Waals surface area contributed by atoms with E-state index in [1.54, 1.807) is 0 Å². The van der Waals surface area contributed by atoms with Crippen molar-refractivity contribution in [2.24, 2.45) is 5.92 Å². The summed E-state index contributed by atoms with van der Waals surface area (Å²) in [6.07, 6.45) is 0. The Bertz CT molecular complexity index is 41.4. The topological polar surface area (TPSA) is 16.6 Å². The lowest BCUT2D eigenvalue weighted by Gasteiger charge is -2.13. The van der Waals surface area contributed by atoms with Crippen LogP contribution in [0.3, 0.4) is 0 Å². The van der Waals surface area contributed by atoms with Gasteiger partial charge in [0.15, 0.2) is 0 Å². The number of quaternary nitrogens is 1. The summed E-state index contributed by atoms with van der Waals surface area (Å²) in [5.41, 5.74) is 0. The molecule has 1 nitrogen and oxygen atoms in total. The molecule has 0 bridgehead atoms. The Balaban J connectivity index is 3.14. The van der Waals surface area contributed by atoms with Crippen LogP contribution >= 0.6 is 0 Å². The molecule has 0 amide bonds. The molecule has 0 aliphatic heterocycles. The average molecular weight is 101 g/mol. The van der Waals surface area contributed by atoms with Crippen LogP contribution in [-0.4, -0.2) is 6.04 Å². The molecule has 0 saturated heterocycles. The van der Waals surface area contributed by atoms with Crippen LogP contribution in [0.1, 0.15) is 20.8 Å². The van der Waals surface area contributed by atoms with Gasteiger partial charge in [-0.3, -0.25) is 0 Å². The molecular weight excluding hydrogens is 86.1 g/mol. The van der Waals surface area contributed by atoms with E-state index < -0.39 is 0 Å². The van der Waals surface area contributed by atoms with Crippen molar-refractivity contribution in [3.8, 4) is 0 Å². The molecule has 0 saturated carbocycles. The van der Waals surface area contributed by atoms with E-state index in [0.717, 1.165) is 5.92 Å². The molecule has 44 valence electrons. The minimum atomic E-state index is 0.667. The molecular formula is C6H15N. The maximum absolute atomic E-state index is 3.68. The maximum atomic E-state index is 3.68. The first kappa shape index (κ1) is 6.96. The highest BCUT2D eigenvalue weighted by Crippen LogP contribution is 1.92. The zero-order chi connectivity index (χ0) is 5.86. The van der Waals surface area contributed by atoms with Crippen LogP contribution in [0.5, 0.6) is 0 Å². The van der Waals surface area contributed by atoms with Gasteiger partial charge in [0.25, 0.3) is 0 Å². The van der Waals surface area contributed by atoms with Gasteiger partial charge in [-0.2, -0.15) is 7.05 Å². The molecule has 0 radical (unpaired) electrons. The van der Waals surface area contributed by atoms with Crippen LogP contribution in [0.2, 0.25) is 0 Å². The van der Waals surface area contributed by atoms with Gasteiger partial charge in [0.2, 0.25) is 0 Å². The lowest BCUT2D eigenvalue weighted by molar-refractivity contribution is -0.636. The summed E-state index contributed by atoms with van der Waals surface area (Å²) in [5.74, 6) is 0.748. The minimum Gasteiger partial charge on any atom is -0.476 e. The minimum absolute atomic E-state index is 0.667. The quantitative estimate of drug-likeness (QED) is 0.484. The first-order chi connectivity index (χ1) is 3.18. The summed E-state index contributed by atoms with van der Waals surface area (Å²) >= 11 is 0. The van der Waals surface area contributed by atoms with E-state index in [2.05, 4.69) is 27.8 Å². The number of hydrogen-bond donors (Lipinski definition) is 1.